The summed E-state index contributed by atoms with van der Waals surface area (Å²) in [5, 5.41) is 4.27. The lowest BCUT2D eigenvalue weighted by molar-refractivity contribution is 0.0917. The Bertz CT molecular complexity index is 1140. The summed E-state index contributed by atoms with van der Waals surface area (Å²) in [4.78, 5) is 18.4. The first kappa shape index (κ1) is 21.2. The van der Waals surface area contributed by atoms with E-state index in [-0.39, 0.29) is 17.4 Å². The van der Waals surface area contributed by atoms with Gasteiger partial charge in [0.15, 0.2) is 0 Å². The van der Waals surface area contributed by atoms with Crippen LogP contribution in [0.5, 0.6) is 0 Å². The topological polar surface area (TPSA) is 42.0 Å². The highest BCUT2D eigenvalue weighted by atomic mass is 16.1. The van der Waals surface area contributed by atoms with Crippen LogP contribution >= 0.6 is 0 Å². The number of nitrogens with one attached hydrogen (secondary N) is 1. The normalized spacial score (nSPS) is 23.4. The Morgan fingerprint density at radius 1 is 1.03 bits per heavy atom. The van der Waals surface area contributed by atoms with E-state index in [0.717, 1.165) is 39.6 Å². The average molecular weight is 427 g/mol. The first-order chi connectivity index (χ1) is 15.3. The van der Waals surface area contributed by atoms with Crippen LogP contribution in [0.25, 0.3) is 22.2 Å². The molecule has 2 aliphatic rings. The molecule has 0 aliphatic heterocycles. The van der Waals surface area contributed by atoms with Gasteiger partial charge in [-0.15, -0.1) is 0 Å². The Balaban J connectivity index is 1.46. The van der Waals surface area contributed by atoms with Gasteiger partial charge in [0, 0.05) is 17.0 Å². The molecule has 1 aromatic heterocycles. The lowest BCUT2D eigenvalue weighted by Crippen LogP contribution is -2.40. The van der Waals surface area contributed by atoms with Gasteiger partial charge in [0.2, 0.25) is 0 Å². The molecular weight excluding hydrogens is 392 g/mol. The van der Waals surface area contributed by atoms with E-state index in [1.807, 2.05) is 30.3 Å². The zero-order chi connectivity index (χ0) is 22.5. The van der Waals surface area contributed by atoms with Gasteiger partial charge in [-0.05, 0) is 67.1 Å². The zero-order valence-corrected chi connectivity index (χ0v) is 19.7. The number of nitrogens with zero attached hydrogens (tertiary/aromatic N) is 1. The fourth-order valence-electron chi connectivity index (χ4n) is 5.95. The third-order valence-electron chi connectivity index (χ3n) is 7.80. The number of rotatable bonds is 4. The van der Waals surface area contributed by atoms with Crippen LogP contribution < -0.4 is 5.32 Å². The quantitative estimate of drug-likeness (QED) is 0.501. The smallest absolute Gasteiger partial charge is 0.252 e. The van der Waals surface area contributed by atoms with Gasteiger partial charge in [-0.25, -0.2) is 4.98 Å². The van der Waals surface area contributed by atoms with E-state index in [4.69, 9.17) is 4.98 Å². The van der Waals surface area contributed by atoms with Gasteiger partial charge < -0.3 is 5.32 Å². The molecule has 32 heavy (non-hydrogen) atoms. The Morgan fingerprint density at radius 2 is 1.78 bits per heavy atom. The van der Waals surface area contributed by atoms with E-state index in [0.29, 0.717) is 5.92 Å². The van der Waals surface area contributed by atoms with Crippen molar-refractivity contribution in [3.8, 4) is 11.3 Å². The van der Waals surface area contributed by atoms with Crippen molar-refractivity contribution in [2.75, 3.05) is 0 Å². The number of carbonyl (C=O) groups excluding carboxylic acids is 1. The molecule has 1 N–H and O–H groups in total. The van der Waals surface area contributed by atoms with Gasteiger partial charge >= 0.3 is 0 Å². The molecule has 166 valence electrons. The number of para-hydroxylation sites is 1. The second-order valence-electron chi connectivity index (χ2n) is 11.0. The van der Waals surface area contributed by atoms with Gasteiger partial charge in [-0.1, -0.05) is 69.7 Å². The van der Waals surface area contributed by atoms with Crippen LogP contribution in [0, 0.1) is 17.8 Å². The lowest BCUT2D eigenvalue weighted by Gasteiger charge is -2.28. The Morgan fingerprint density at radius 3 is 2.44 bits per heavy atom. The van der Waals surface area contributed by atoms with Crippen molar-refractivity contribution in [3.63, 3.8) is 0 Å². The summed E-state index contributed by atoms with van der Waals surface area (Å²) in [6.45, 7) is 8.85. The van der Waals surface area contributed by atoms with Crippen molar-refractivity contribution >= 4 is 16.8 Å². The summed E-state index contributed by atoms with van der Waals surface area (Å²) in [5.41, 5.74) is 4.87. The minimum absolute atomic E-state index is 0.0198. The largest absolute Gasteiger partial charge is 0.349 e. The predicted octanol–water partition coefficient (Wildman–Crippen LogP) is 6.75. The third kappa shape index (κ3) is 3.94. The Kier molecular flexibility index (Phi) is 5.31. The molecule has 3 nitrogen and oxygen atoms in total. The molecule has 1 heterocycles. The SMILES string of the molecule is C[C@@H](NC(=O)c1cc(-c2ccc(C(C)(C)C)cc2)nc2ccccc12)[C@@H]1C[C@H]2CC[C@H]1C2. The monoisotopic (exact) mass is 426 g/mol. The number of aromatic nitrogens is 1. The number of carbonyl (C=O) groups is 1. The van der Waals surface area contributed by atoms with Crippen LogP contribution in [-0.2, 0) is 5.41 Å². The Hall–Kier alpha value is -2.68. The second kappa shape index (κ2) is 8.03. The summed E-state index contributed by atoms with van der Waals surface area (Å²) in [7, 11) is 0. The molecular formula is C29H34N2O. The summed E-state index contributed by atoms with van der Waals surface area (Å²) < 4.78 is 0. The molecule has 2 bridgehead atoms. The number of hydrogen-bond donors (Lipinski definition) is 1. The number of fused-ring (bicyclic) bond motifs is 3. The number of pyridine rings is 1. The number of amides is 1. The maximum absolute atomic E-state index is 13.5. The van der Waals surface area contributed by atoms with E-state index in [1.165, 1.54) is 31.2 Å². The molecule has 2 fully saturated rings. The van der Waals surface area contributed by atoms with Gasteiger partial charge in [0.05, 0.1) is 16.8 Å². The Labute approximate surface area is 191 Å². The minimum Gasteiger partial charge on any atom is -0.349 e. The summed E-state index contributed by atoms with van der Waals surface area (Å²) in [6.07, 6.45) is 5.35. The van der Waals surface area contributed by atoms with E-state index in [2.05, 4.69) is 57.3 Å². The average Bonchev–Trinajstić information content (AvgIpc) is 3.42. The van der Waals surface area contributed by atoms with Crippen LogP contribution in [0.15, 0.2) is 54.6 Å². The summed E-state index contributed by atoms with van der Waals surface area (Å²) in [5.74, 6) is 2.32. The molecule has 2 saturated carbocycles. The summed E-state index contributed by atoms with van der Waals surface area (Å²) in [6, 6.07) is 18.7. The van der Waals surface area contributed by atoms with Crippen LogP contribution in [0.4, 0.5) is 0 Å². The van der Waals surface area contributed by atoms with Crippen molar-refractivity contribution < 1.29 is 4.79 Å². The number of benzene rings is 2. The molecule has 5 rings (SSSR count). The molecule has 3 heteroatoms. The van der Waals surface area contributed by atoms with E-state index < -0.39 is 0 Å². The number of hydrogen-bond acceptors (Lipinski definition) is 2. The minimum atomic E-state index is 0.0198. The van der Waals surface area contributed by atoms with Gasteiger partial charge in [-0.2, -0.15) is 0 Å². The first-order valence-corrected chi connectivity index (χ1v) is 12.1. The zero-order valence-electron chi connectivity index (χ0n) is 19.7. The maximum atomic E-state index is 13.5. The van der Waals surface area contributed by atoms with Crippen molar-refractivity contribution in [1.82, 2.24) is 10.3 Å². The molecule has 0 radical (unpaired) electrons. The van der Waals surface area contributed by atoms with Gasteiger partial charge in [0.1, 0.15) is 0 Å². The molecule has 0 unspecified atom stereocenters. The highest BCUT2D eigenvalue weighted by molar-refractivity contribution is 6.07. The maximum Gasteiger partial charge on any atom is 0.252 e. The van der Waals surface area contributed by atoms with Gasteiger partial charge in [-0.3, -0.25) is 4.79 Å². The highest BCUT2D eigenvalue weighted by Crippen LogP contribution is 2.49. The van der Waals surface area contributed by atoms with E-state index in [1.54, 1.807) is 0 Å². The lowest BCUT2D eigenvalue weighted by atomic mass is 9.84. The highest BCUT2D eigenvalue weighted by Gasteiger charge is 2.42. The standard InChI is InChI=1S/C29H34N2O/c1-18(24-16-19-9-10-21(24)15-19)30-28(32)25-17-27(31-26-8-6-5-7-23(25)26)20-11-13-22(14-12-20)29(2,3)4/h5-8,11-14,17-19,21,24H,9-10,15-16H2,1-4H3,(H,30,32)/t18-,19+,21+,24+/m1/s1. The molecule has 2 aromatic carbocycles. The predicted molar refractivity (Wildman–Crippen MR) is 132 cm³/mol. The summed E-state index contributed by atoms with van der Waals surface area (Å²) >= 11 is 0. The third-order valence-corrected chi connectivity index (χ3v) is 7.80. The molecule has 4 atom stereocenters. The van der Waals surface area contributed by atoms with E-state index >= 15 is 0 Å². The van der Waals surface area contributed by atoms with Crippen molar-refractivity contribution in [1.29, 1.82) is 0 Å². The fourth-order valence-corrected chi connectivity index (χ4v) is 5.95. The van der Waals surface area contributed by atoms with Crippen LogP contribution in [-0.4, -0.2) is 16.9 Å². The second-order valence-corrected chi connectivity index (χ2v) is 11.0. The van der Waals surface area contributed by atoms with Crippen molar-refractivity contribution in [2.45, 2.75) is 64.8 Å². The van der Waals surface area contributed by atoms with Crippen LogP contribution in [0.1, 0.15) is 69.3 Å². The van der Waals surface area contributed by atoms with Crippen molar-refractivity contribution in [2.24, 2.45) is 17.8 Å². The van der Waals surface area contributed by atoms with Crippen LogP contribution in [0.2, 0.25) is 0 Å². The molecule has 2 aliphatic carbocycles. The van der Waals surface area contributed by atoms with Crippen LogP contribution in [0.3, 0.4) is 0 Å². The molecule has 0 saturated heterocycles. The van der Waals surface area contributed by atoms with E-state index in [9.17, 15) is 4.79 Å². The molecule has 0 spiro atoms. The van der Waals surface area contributed by atoms with Gasteiger partial charge in [0.25, 0.3) is 5.91 Å². The molecule has 3 aromatic rings. The first-order valence-electron chi connectivity index (χ1n) is 12.1. The molecule has 1 amide bonds. The van der Waals surface area contributed by atoms with Crippen molar-refractivity contribution in [3.05, 3.63) is 65.7 Å². The fraction of sp³-hybridized carbons (Fsp3) is 0.448.